The molecule has 7 atom stereocenters. The third-order valence-corrected chi connectivity index (χ3v) is 8.75. The van der Waals surface area contributed by atoms with Gasteiger partial charge in [-0.2, -0.15) is 0 Å². The summed E-state index contributed by atoms with van der Waals surface area (Å²) in [4.78, 5) is 37.3. The van der Waals surface area contributed by atoms with Gasteiger partial charge in [-0.1, -0.05) is 13.8 Å². The fourth-order valence-electron chi connectivity index (χ4n) is 7.31. The van der Waals surface area contributed by atoms with Gasteiger partial charge in [-0.15, -0.1) is 0 Å². The minimum Gasteiger partial charge on any atom is -0.469 e. The molecule has 138 valence electrons. The number of hydrogen-bond donors (Lipinski definition) is 0. The Bertz CT molecular complexity index is 625. The maximum atomic E-state index is 12.6. The van der Waals surface area contributed by atoms with Crippen LogP contribution in [0.15, 0.2) is 0 Å². The molecule has 0 spiro atoms. The quantitative estimate of drug-likeness (QED) is 0.681. The lowest BCUT2D eigenvalue weighted by Gasteiger charge is -2.60. The molecule has 0 bridgehead atoms. The van der Waals surface area contributed by atoms with Crippen molar-refractivity contribution in [3.63, 3.8) is 0 Å². The van der Waals surface area contributed by atoms with Gasteiger partial charge in [0.25, 0.3) is 0 Å². The number of hydrogen-bond acceptors (Lipinski definition) is 4. The van der Waals surface area contributed by atoms with E-state index < -0.39 is 0 Å². The van der Waals surface area contributed by atoms with Crippen molar-refractivity contribution in [1.29, 1.82) is 0 Å². The molecular formula is C21H30O4. The van der Waals surface area contributed by atoms with Gasteiger partial charge in [0.1, 0.15) is 11.6 Å². The minimum atomic E-state index is -0.185. The standard InChI is InChI=1S/C21H30O4/c1-20-8-6-12(22)10-17(20)14(19(24)25-3)11-13-15-4-5-18(23)21(15,2)9-7-16(13)20/h13-17H,4-11H2,1-3H3/t13-,14?,15-,16+,17?,20+,21-/m0/s1. The topological polar surface area (TPSA) is 60.4 Å². The highest BCUT2D eigenvalue weighted by Crippen LogP contribution is 2.66. The highest BCUT2D eigenvalue weighted by molar-refractivity contribution is 5.87. The van der Waals surface area contributed by atoms with Crippen LogP contribution in [0.2, 0.25) is 0 Å². The molecule has 0 radical (unpaired) electrons. The first-order chi connectivity index (χ1) is 11.8. The smallest absolute Gasteiger partial charge is 0.308 e. The summed E-state index contributed by atoms with van der Waals surface area (Å²) in [6.45, 7) is 4.48. The van der Waals surface area contributed by atoms with Crippen molar-refractivity contribution < 1.29 is 19.1 Å². The van der Waals surface area contributed by atoms with E-state index in [9.17, 15) is 14.4 Å². The third-order valence-electron chi connectivity index (χ3n) is 8.75. The molecule has 4 fully saturated rings. The van der Waals surface area contributed by atoms with Crippen LogP contribution in [0.4, 0.5) is 0 Å². The predicted molar refractivity (Wildman–Crippen MR) is 92.6 cm³/mol. The zero-order valence-corrected chi connectivity index (χ0v) is 15.7. The van der Waals surface area contributed by atoms with Gasteiger partial charge in [-0.05, 0) is 61.2 Å². The monoisotopic (exact) mass is 346 g/mol. The zero-order chi connectivity index (χ0) is 18.0. The van der Waals surface area contributed by atoms with E-state index in [1.807, 2.05) is 0 Å². The second-order valence-corrected chi connectivity index (χ2v) is 9.52. The lowest BCUT2D eigenvalue weighted by atomic mass is 9.43. The van der Waals surface area contributed by atoms with Crippen LogP contribution >= 0.6 is 0 Å². The fraction of sp³-hybridized carbons (Fsp3) is 0.857. The molecule has 4 saturated carbocycles. The normalized spacial score (nSPS) is 49.2. The summed E-state index contributed by atoms with van der Waals surface area (Å²) in [6.07, 6.45) is 6.59. The number of carbonyl (C=O) groups excluding carboxylic acids is 3. The Balaban J connectivity index is 1.73. The number of esters is 1. The molecule has 0 saturated heterocycles. The average molecular weight is 346 g/mol. The van der Waals surface area contributed by atoms with Crippen molar-refractivity contribution in [3.8, 4) is 0 Å². The number of carbonyl (C=O) groups is 3. The van der Waals surface area contributed by atoms with E-state index in [-0.39, 0.29) is 28.6 Å². The molecule has 4 nitrogen and oxygen atoms in total. The van der Waals surface area contributed by atoms with Gasteiger partial charge in [0, 0.05) is 24.7 Å². The predicted octanol–water partition coefficient (Wildman–Crippen LogP) is 3.57. The third kappa shape index (κ3) is 2.28. The van der Waals surface area contributed by atoms with Crippen LogP contribution in [-0.2, 0) is 19.1 Å². The van der Waals surface area contributed by atoms with Crippen LogP contribution in [0.3, 0.4) is 0 Å². The number of ketones is 2. The van der Waals surface area contributed by atoms with E-state index in [0.29, 0.717) is 48.6 Å². The van der Waals surface area contributed by atoms with Crippen molar-refractivity contribution in [1.82, 2.24) is 0 Å². The Kier molecular flexibility index (Phi) is 3.90. The van der Waals surface area contributed by atoms with Crippen LogP contribution in [0.5, 0.6) is 0 Å². The number of methoxy groups -OCH3 is 1. The van der Waals surface area contributed by atoms with E-state index in [1.165, 1.54) is 7.11 Å². The lowest BCUT2D eigenvalue weighted by molar-refractivity contribution is -0.172. The first-order valence-corrected chi connectivity index (χ1v) is 9.94. The van der Waals surface area contributed by atoms with Crippen molar-refractivity contribution in [2.45, 2.75) is 65.2 Å². The van der Waals surface area contributed by atoms with Crippen molar-refractivity contribution in [3.05, 3.63) is 0 Å². The molecule has 0 aromatic carbocycles. The van der Waals surface area contributed by atoms with Crippen molar-refractivity contribution in [2.24, 2.45) is 40.4 Å². The fourth-order valence-corrected chi connectivity index (χ4v) is 7.31. The van der Waals surface area contributed by atoms with Crippen LogP contribution in [0, 0.1) is 40.4 Å². The summed E-state index contributed by atoms with van der Waals surface area (Å²) in [5.41, 5.74) is -0.155. The van der Waals surface area contributed by atoms with Gasteiger partial charge in [-0.25, -0.2) is 0 Å². The molecule has 0 aliphatic heterocycles. The molecule has 4 aliphatic rings. The molecule has 0 aromatic rings. The molecule has 4 rings (SSSR count). The Morgan fingerprint density at radius 2 is 1.80 bits per heavy atom. The first-order valence-electron chi connectivity index (χ1n) is 9.94. The number of Topliss-reactive ketones (excluding diaryl/α,β-unsaturated/α-hetero) is 2. The molecule has 0 aromatic heterocycles. The van der Waals surface area contributed by atoms with Gasteiger partial charge < -0.3 is 4.74 Å². The summed E-state index contributed by atoms with van der Waals surface area (Å²) < 4.78 is 5.14. The summed E-state index contributed by atoms with van der Waals surface area (Å²) in [5, 5.41) is 0. The number of ether oxygens (including phenoxy) is 1. The Morgan fingerprint density at radius 3 is 2.52 bits per heavy atom. The summed E-state index contributed by atoms with van der Waals surface area (Å²) in [6, 6.07) is 0. The second-order valence-electron chi connectivity index (χ2n) is 9.52. The van der Waals surface area contributed by atoms with Crippen LogP contribution in [0.1, 0.15) is 65.2 Å². The van der Waals surface area contributed by atoms with Gasteiger partial charge in [0.05, 0.1) is 13.0 Å². The minimum absolute atomic E-state index is 0.0304. The van der Waals surface area contributed by atoms with Crippen LogP contribution in [-0.4, -0.2) is 24.6 Å². The van der Waals surface area contributed by atoms with Crippen molar-refractivity contribution >= 4 is 17.5 Å². The first kappa shape index (κ1) is 17.2. The zero-order valence-electron chi connectivity index (χ0n) is 15.7. The molecule has 0 amide bonds. The molecule has 0 heterocycles. The van der Waals surface area contributed by atoms with Crippen molar-refractivity contribution in [2.75, 3.05) is 7.11 Å². The van der Waals surface area contributed by atoms with E-state index in [1.54, 1.807) is 0 Å². The van der Waals surface area contributed by atoms with Gasteiger partial charge >= 0.3 is 5.97 Å². The van der Waals surface area contributed by atoms with E-state index in [0.717, 1.165) is 32.1 Å². The Morgan fingerprint density at radius 1 is 1.04 bits per heavy atom. The Labute approximate surface area is 150 Å². The van der Waals surface area contributed by atoms with Crippen LogP contribution in [0.25, 0.3) is 0 Å². The SMILES string of the molecule is COC(=O)C1C[C@@H]2[C@@H](CC[C@]3(C)C(=O)CC[C@@H]23)[C@@]2(C)CCC(=O)CC12. The molecule has 25 heavy (non-hydrogen) atoms. The second kappa shape index (κ2) is 5.65. The van der Waals surface area contributed by atoms with E-state index in [4.69, 9.17) is 4.74 Å². The maximum Gasteiger partial charge on any atom is 0.308 e. The highest BCUT2D eigenvalue weighted by Gasteiger charge is 2.63. The highest BCUT2D eigenvalue weighted by atomic mass is 16.5. The number of fused-ring (bicyclic) bond motifs is 5. The summed E-state index contributed by atoms with van der Waals surface area (Å²) in [7, 11) is 1.46. The summed E-state index contributed by atoms with van der Waals surface area (Å²) >= 11 is 0. The molecule has 0 N–H and O–H groups in total. The van der Waals surface area contributed by atoms with Gasteiger partial charge in [0.2, 0.25) is 0 Å². The molecule has 4 aliphatic carbocycles. The van der Waals surface area contributed by atoms with E-state index >= 15 is 0 Å². The summed E-state index contributed by atoms with van der Waals surface area (Å²) in [5.74, 6) is 1.87. The maximum absolute atomic E-state index is 12.6. The largest absolute Gasteiger partial charge is 0.469 e. The molecule has 4 heteroatoms. The molecule has 2 unspecified atom stereocenters. The molecular weight excluding hydrogens is 316 g/mol. The Hall–Kier alpha value is -1.19. The van der Waals surface area contributed by atoms with Gasteiger partial charge in [-0.3, -0.25) is 14.4 Å². The van der Waals surface area contributed by atoms with Gasteiger partial charge in [0.15, 0.2) is 0 Å². The lowest BCUT2D eigenvalue weighted by Crippen LogP contribution is -2.57. The van der Waals surface area contributed by atoms with Crippen LogP contribution < -0.4 is 0 Å². The number of rotatable bonds is 1. The van der Waals surface area contributed by atoms with E-state index in [2.05, 4.69) is 13.8 Å². The average Bonchev–Trinajstić information content (AvgIpc) is 2.90.